The Hall–Kier alpha value is -1.47. The lowest BCUT2D eigenvalue weighted by atomic mass is 9.95. The lowest BCUT2D eigenvalue weighted by molar-refractivity contribution is 1.10. The second kappa shape index (κ2) is 6.63. The van der Waals surface area contributed by atoms with E-state index in [4.69, 9.17) is 17.3 Å². The van der Waals surface area contributed by atoms with E-state index in [2.05, 4.69) is 32.0 Å². The summed E-state index contributed by atoms with van der Waals surface area (Å²) in [5, 5.41) is 0.790. The predicted molar refractivity (Wildman–Crippen MR) is 86.8 cm³/mol. The zero-order valence-electron chi connectivity index (χ0n) is 10.8. The summed E-state index contributed by atoms with van der Waals surface area (Å²) in [5.74, 6) is 0. The number of aryl methyl sites for hydroxylation is 1. The monoisotopic (exact) mass is 275 g/mol. The smallest absolute Gasteiger partial charge is 0.0537 e. The molecule has 0 aliphatic carbocycles. The van der Waals surface area contributed by atoms with Gasteiger partial charge >= 0.3 is 0 Å². The highest BCUT2D eigenvalue weighted by atomic mass is 35.5. The van der Waals surface area contributed by atoms with E-state index in [1.165, 1.54) is 5.56 Å². The zero-order chi connectivity index (χ0) is 13.1. The van der Waals surface area contributed by atoms with Gasteiger partial charge in [-0.25, -0.2) is 0 Å². The molecule has 0 radical (unpaired) electrons. The SMILES string of the molecule is C.CCc1cc(-c2ccccc2)c(Cl)c(CC)c1N. The lowest BCUT2D eigenvalue weighted by Crippen LogP contribution is -2.01. The van der Waals surface area contributed by atoms with Crippen LogP contribution in [0.15, 0.2) is 36.4 Å². The largest absolute Gasteiger partial charge is 0.398 e. The molecule has 2 heteroatoms. The third-order valence-electron chi connectivity index (χ3n) is 3.31. The molecule has 0 unspecified atom stereocenters. The highest BCUT2D eigenvalue weighted by molar-refractivity contribution is 6.34. The highest BCUT2D eigenvalue weighted by Gasteiger charge is 2.13. The highest BCUT2D eigenvalue weighted by Crippen LogP contribution is 2.36. The van der Waals surface area contributed by atoms with Gasteiger partial charge in [0.2, 0.25) is 0 Å². The molecule has 0 bridgehead atoms. The van der Waals surface area contributed by atoms with Crippen molar-refractivity contribution < 1.29 is 0 Å². The van der Waals surface area contributed by atoms with Crippen LogP contribution >= 0.6 is 11.6 Å². The molecule has 0 atom stereocenters. The van der Waals surface area contributed by atoms with Gasteiger partial charge in [-0.15, -0.1) is 0 Å². The molecule has 2 aromatic rings. The van der Waals surface area contributed by atoms with E-state index in [0.717, 1.165) is 40.2 Å². The van der Waals surface area contributed by atoms with Crippen LogP contribution in [-0.2, 0) is 12.8 Å². The topological polar surface area (TPSA) is 26.0 Å². The Bertz CT molecular complexity index is 547. The Morgan fingerprint density at radius 1 is 1.05 bits per heavy atom. The number of nitrogen functional groups attached to an aromatic ring is 1. The Morgan fingerprint density at radius 3 is 2.21 bits per heavy atom. The van der Waals surface area contributed by atoms with Crippen molar-refractivity contribution in [2.45, 2.75) is 34.1 Å². The molecular formula is C17H22ClN. The molecule has 0 heterocycles. The summed E-state index contributed by atoms with van der Waals surface area (Å²) in [6.07, 6.45) is 1.79. The van der Waals surface area contributed by atoms with E-state index in [0.29, 0.717) is 0 Å². The first-order valence-corrected chi connectivity index (χ1v) is 6.71. The van der Waals surface area contributed by atoms with Gasteiger partial charge in [0, 0.05) is 11.3 Å². The molecule has 0 saturated carbocycles. The Kier molecular flexibility index (Phi) is 5.44. The maximum atomic E-state index is 6.50. The fraction of sp³-hybridized carbons (Fsp3) is 0.294. The summed E-state index contributed by atoms with van der Waals surface area (Å²) in [7, 11) is 0. The fourth-order valence-corrected chi connectivity index (χ4v) is 2.65. The van der Waals surface area contributed by atoms with Crippen LogP contribution in [0.4, 0.5) is 5.69 Å². The summed E-state index contributed by atoms with van der Waals surface area (Å²) < 4.78 is 0. The average Bonchev–Trinajstić information content (AvgIpc) is 2.41. The van der Waals surface area contributed by atoms with E-state index >= 15 is 0 Å². The molecule has 0 fully saturated rings. The first-order valence-electron chi connectivity index (χ1n) is 6.34. The maximum Gasteiger partial charge on any atom is 0.0537 e. The summed E-state index contributed by atoms with van der Waals surface area (Å²) in [6, 6.07) is 12.3. The molecule has 0 saturated heterocycles. The van der Waals surface area contributed by atoms with Gasteiger partial charge in [-0.05, 0) is 35.6 Å². The molecule has 2 rings (SSSR count). The van der Waals surface area contributed by atoms with E-state index < -0.39 is 0 Å². The van der Waals surface area contributed by atoms with Crippen LogP contribution in [0.5, 0.6) is 0 Å². The van der Waals surface area contributed by atoms with Crippen molar-refractivity contribution in [3.63, 3.8) is 0 Å². The number of halogens is 1. The van der Waals surface area contributed by atoms with Gasteiger partial charge in [0.25, 0.3) is 0 Å². The summed E-state index contributed by atoms with van der Waals surface area (Å²) in [5.41, 5.74) is 11.5. The third kappa shape index (κ3) is 2.93. The second-order valence-corrected chi connectivity index (χ2v) is 4.74. The van der Waals surface area contributed by atoms with Gasteiger partial charge in [0.1, 0.15) is 0 Å². The first-order chi connectivity index (χ1) is 8.69. The average molecular weight is 276 g/mol. The van der Waals surface area contributed by atoms with Crippen LogP contribution in [0.25, 0.3) is 11.1 Å². The number of hydrogen-bond donors (Lipinski definition) is 1. The number of rotatable bonds is 3. The molecule has 2 aromatic carbocycles. The quantitative estimate of drug-likeness (QED) is 0.751. The number of hydrogen-bond acceptors (Lipinski definition) is 1. The lowest BCUT2D eigenvalue weighted by Gasteiger charge is -2.15. The number of anilines is 1. The second-order valence-electron chi connectivity index (χ2n) is 4.36. The van der Waals surface area contributed by atoms with Crippen molar-refractivity contribution in [3.05, 3.63) is 52.5 Å². The Balaban J connectivity index is 0.00000180. The van der Waals surface area contributed by atoms with Crippen LogP contribution in [0, 0.1) is 0 Å². The standard InChI is InChI=1S/C16H18ClN.CH4/c1-3-11-10-14(12-8-6-5-7-9-12)15(17)13(4-2)16(11)18;/h5-10H,3-4,18H2,1-2H3;1H4. The fourth-order valence-electron chi connectivity index (χ4n) is 2.26. The van der Waals surface area contributed by atoms with E-state index in [1.807, 2.05) is 18.2 Å². The van der Waals surface area contributed by atoms with Gasteiger partial charge in [-0.1, -0.05) is 63.2 Å². The van der Waals surface area contributed by atoms with Gasteiger partial charge < -0.3 is 5.73 Å². The van der Waals surface area contributed by atoms with Gasteiger partial charge in [-0.3, -0.25) is 0 Å². The molecule has 2 N–H and O–H groups in total. The molecule has 0 spiro atoms. The Morgan fingerprint density at radius 2 is 1.68 bits per heavy atom. The van der Waals surface area contributed by atoms with Crippen molar-refractivity contribution in [1.29, 1.82) is 0 Å². The zero-order valence-corrected chi connectivity index (χ0v) is 11.6. The normalized spacial score (nSPS) is 10.1. The van der Waals surface area contributed by atoms with Crippen LogP contribution < -0.4 is 5.73 Å². The molecule has 0 amide bonds. The van der Waals surface area contributed by atoms with Gasteiger partial charge in [0.05, 0.1) is 5.02 Å². The minimum atomic E-state index is 0. The molecular weight excluding hydrogens is 254 g/mol. The van der Waals surface area contributed by atoms with Crippen molar-refractivity contribution in [3.8, 4) is 11.1 Å². The van der Waals surface area contributed by atoms with Crippen LogP contribution in [-0.4, -0.2) is 0 Å². The summed E-state index contributed by atoms with van der Waals surface area (Å²) in [6.45, 7) is 4.21. The van der Waals surface area contributed by atoms with Crippen LogP contribution in [0.1, 0.15) is 32.4 Å². The summed E-state index contributed by atoms with van der Waals surface area (Å²) >= 11 is 6.50. The molecule has 19 heavy (non-hydrogen) atoms. The van der Waals surface area contributed by atoms with Crippen molar-refractivity contribution >= 4 is 17.3 Å². The van der Waals surface area contributed by atoms with E-state index in [1.54, 1.807) is 0 Å². The number of nitrogens with two attached hydrogens (primary N) is 1. The minimum Gasteiger partial charge on any atom is -0.398 e. The van der Waals surface area contributed by atoms with Gasteiger partial charge in [-0.2, -0.15) is 0 Å². The van der Waals surface area contributed by atoms with E-state index in [-0.39, 0.29) is 7.43 Å². The maximum absolute atomic E-state index is 6.50. The van der Waals surface area contributed by atoms with Crippen molar-refractivity contribution in [2.24, 2.45) is 0 Å². The molecule has 102 valence electrons. The molecule has 0 aliphatic heterocycles. The van der Waals surface area contributed by atoms with Crippen molar-refractivity contribution in [2.75, 3.05) is 5.73 Å². The van der Waals surface area contributed by atoms with Crippen molar-refractivity contribution in [1.82, 2.24) is 0 Å². The molecule has 1 nitrogen and oxygen atoms in total. The predicted octanol–water partition coefficient (Wildman–Crippen LogP) is 5.35. The first kappa shape index (κ1) is 15.6. The molecule has 0 aromatic heterocycles. The number of benzene rings is 2. The summed E-state index contributed by atoms with van der Waals surface area (Å²) in [4.78, 5) is 0. The molecule has 0 aliphatic rings. The van der Waals surface area contributed by atoms with Crippen LogP contribution in [0.3, 0.4) is 0 Å². The Labute approximate surface area is 121 Å². The minimum absolute atomic E-state index is 0. The van der Waals surface area contributed by atoms with E-state index in [9.17, 15) is 0 Å². The third-order valence-corrected chi connectivity index (χ3v) is 3.74. The van der Waals surface area contributed by atoms with Crippen LogP contribution in [0.2, 0.25) is 5.02 Å². The van der Waals surface area contributed by atoms with Gasteiger partial charge in [0.15, 0.2) is 0 Å².